The van der Waals surface area contributed by atoms with Crippen molar-refractivity contribution in [3.63, 3.8) is 0 Å². The molecule has 1 aliphatic rings. The normalized spacial score (nSPS) is 17.2. The molecule has 1 aliphatic carbocycles. The highest BCUT2D eigenvalue weighted by Gasteiger charge is 2.26. The Kier molecular flexibility index (Phi) is 4.49. The van der Waals surface area contributed by atoms with E-state index in [0.717, 1.165) is 18.4 Å². The van der Waals surface area contributed by atoms with E-state index in [1.54, 1.807) is 20.1 Å². The van der Waals surface area contributed by atoms with Crippen LogP contribution in [0, 0.1) is 0 Å². The Labute approximate surface area is 119 Å². The van der Waals surface area contributed by atoms with E-state index in [9.17, 15) is 4.79 Å². The summed E-state index contributed by atoms with van der Waals surface area (Å²) in [5.74, 6) is 1.18. The Morgan fingerprint density at radius 1 is 1.40 bits per heavy atom. The van der Waals surface area contributed by atoms with Gasteiger partial charge < -0.3 is 20.5 Å². The molecule has 1 saturated carbocycles. The van der Waals surface area contributed by atoms with Gasteiger partial charge >= 0.3 is 0 Å². The second-order valence-corrected chi connectivity index (χ2v) is 5.24. The monoisotopic (exact) mass is 278 g/mol. The topological polar surface area (TPSA) is 73.6 Å². The average Bonchev–Trinajstić information content (AvgIpc) is 3.22. The van der Waals surface area contributed by atoms with Crippen molar-refractivity contribution in [3.8, 4) is 11.5 Å². The predicted molar refractivity (Wildman–Crippen MR) is 76.9 cm³/mol. The molecule has 0 heterocycles. The summed E-state index contributed by atoms with van der Waals surface area (Å²) in [5, 5.41) is 2.92. The van der Waals surface area contributed by atoms with Gasteiger partial charge in [0.05, 0.1) is 7.11 Å². The molecule has 110 valence electrons. The Morgan fingerprint density at radius 3 is 2.65 bits per heavy atom. The number of methoxy groups -OCH3 is 1. The first-order chi connectivity index (χ1) is 9.51. The summed E-state index contributed by atoms with van der Waals surface area (Å²) in [7, 11) is 1.59. The molecule has 0 bridgehead atoms. The molecule has 5 heteroatoms. The molecule has 3 N–H and O–H groups in total. The maximum Gasteiger partial charge on any atom is 0.260 e. The van der Waals surface area contributed by atoms with E-state index in [4.69, 9.17) is 15.2 Å². The standard InChI is InChI=1S/C15H22N2O3/c1-9(16)13-7-6-12(19-3)8-14(13)20-10(2)15(18)17-11-4-5-11/h6-11H,4-5,16H2,1-3H3,(H,17,18)/t9-,10?/m1/s1. The van der Waals surface area contributed by atoms with Crippen molar-refractivity contribution in [2.75, 3.05) is 7.11 Å². The van der Waals surface area contributed by atoms with Crippen molar-refractivity contribution in [1.29, 1.82) is 0 Å². The molecule has 1 aromatic rings. The van der Waals surface area contributed by atoms with Crippen LogP contribution in [0.25, 0.3) is 0 Å². The third-order valence-electron chi connectivity index (χ3n) is 3.31. The van der Waals surface area contributed by atoms with E-state index in [1.165, 1.54) is 0 Å². The summed E-state index contributed by atoms with van der Waals surface area (Å²) in [6.45, 7) is 3.62. The molecule has 2 atom stereocenters. The molecule has 0 spiro atoms. The highest BCUT2D eigenvalue weighted by atomic mass is 16.5. The van der Waals surface area contributed by atoms with Gasteiger partial charge in [-0.25, -0.2) is 0 Å². The average molecular weight is 278 g/mol. The lowest BCUT2D eigenvalue weighted by molar-refractivity contribution is -0.127. The van der Waals surface area contributed by atoms with Crippen molar-refractivity contribution in [3.05, 3.63) is 23.8 Å². The number of nitrogens with two attached hydrogens (primary N) is 1. The molecule has 0 radical (unpaired) electrons. The lowest BCUT2D eigenvalue weighted by Crippen LogP contribution is -2.37. The number of hydrogen-bond donors (Lipinski definition) is 2. The van der Waals surface area contributed by atoms with Gasteiger partial charge in [0.15, 0.2) is 6.10 Å². The van der Waals surface area contributed by atoms with Crippen LogP contribution in [-0.4, -0.2) is 25.2 Å². The molecule has 2 rings (SSSR count). The van der Waals surface area contributed by atoms with Gasteiger partial charge in [-0.3, -0.25) is 4.79 Å². The Morgan fingerprint density at radius 2 is 2.10 bits per heavy atom. The van der Waals surface area contributed by atoms with Gasteiger partial charge in [0, 0.05) is 23.7 Å². The number of nitrogens with one attached hydrogen (secondary N) is 1. The summed E-state index contributed by atoms with van der Waals surface area (Å²) in [6.07, 6.45) is 1.56. The van der Waals surface area contributed by atoms with Gasteiger partial charge in [0.1, 0.15) is 11.5 Å². The van der Waals surface area contributed by atoms with Crippen molar-refractivity contribution in [2.45, 2.75) is 44.9 Å². The lowest BCUT2D eigenvalue weighted by atomic mass is 10.1. The Hall–Kier alpha value is -1.75. The smallest absolute Gasteiger partial charge is 0.260 e. The van der Waals surface area contributed by atoms with Crippen LogP contribution in [0.15, 0.2) is 18.2 Å². The number of rotatable bonds is 6. The number of hydrogen-bond acceptors (Lipinski definition) is 4. The molecule has 20 heavy (non-hydrogen) atoms. The minimum atomic E-state index is -0.555. The number of amides is 1. The lowest BCUT2D eigenvalue weighted by Gasteiger charge is -2.19. The number of carbonyl (C=O) groups is 1. The zero-order chi connectivity index (χ0) is 14.7. The molecule has 0 saturated heterocycles. The van der Waals surface area contributed by atoms with Gasteiger partial charge in [-0.05, 0) is 32.8 Å². The van der Waals surface area contributed by atoms with E-state index < -0.39 is 6.10 Å². The van der Waals surface area contributed by atoms with E-state index in [2.05, 4.69) is 5.32 Å². The summed E-state index contributed by atoms with van der Waals surface area (Å²) in [5.41, 5.74) is 6.79. The fourth-order valence-corrected chi connectivity index (χ4v) is 1.91. The minimum Gasteiger partial charge on any atom is -0.497 e. The fraction of sp³-hybridized carbons (Fsp3) is 0.533. The van der Waals surface area contributed by atoms with Crippen LogP contribution in [0.5, 0.6) is 11.5 Å². The van der Waals surface area contributed by atoms with E-state index in [-0.39, 0.29) is 11.9 Å². The first-order valence-electron chi connectivity index (χ1n) is 6.91. The van der Waals surface area contributed by atoms with Crippen molar-refractivity contribution in [2.24, 2.45) is 5.73 Å². The van der Waals surface area contributed by atoms with Crippen LogP contribution in [0.4, 0.5) is 0 Å². The zero-order valence-electron chi connectivity index (χ0n) is 12.2. The van der Waals surface area contributed by atoms with Gasteiger partial charge in [0.25, 0.3) is 5.91 Å². The highest BCUT2D eigenvalue weighted by Crippen LogP contribution is 2.29. The SMILES string of the molecule is COc1ccc([C@@H](C)N)c(OC(C)C(=O)NC2CC2)c1. The first-order valence-corrected chi connectivity index (χ1v) is 6.91. The van der Waals surface area contributed by atoms with Crippen molar-refractivity contribution >= 4 is 5.91 Å². The van der Waals surface area contributed by atoms with Crippen LogP contribution >= 0.6 is 0 Å². The zero-order valence-corrected chi connectivity index (χ0v) is 12.2. The van der Waals surface area contributed by atoms with Gasteiger partial charge in [-0.15, -0.1) is 0 Å². The Bertz CT molecular complexity index is 484. The number of benzene rings is 1. The second kappa shape index (κ2) is 6.13. The van der Waals surface area contributed by atoms with Crippen LogP contribution in [0.3, 0.4) is 0 Å². The van der Waals surface area contributed by atoms with E-state index in [1.807, 2.05) is 19.1 Å². The summed E-state index contributed by atoms with van der Waals surface area (Å²) in [4.78, 5) is 11.9. The van der Waals surface area contributed by atoms with Crippen LogP contribution < -0.4 is 20.5 Å². The van der Waals surface area contributed by atoms with Crippen LogP contribution in [-0.2, 0) is 4.79 Å². The fourth-order valence-electron chi connectivity index (χ4n) is 1.91. The molecule has 1 fully saturated rings. The number of ether oxygens (including phenoxy) is 2. The third-order valence-corrected chi connectivity index (χ3v) is 3.31. The van der Waals surface area contributed by atoms with Gasteiger partial charge in [-0.2, -0.15) is 0 Å². The van der Waals surface area contributed by atoms with Crippen LogP contribution in [0.2, 0.25) is 0 Å². The molecule has 1 amide bonds. The summed E-state index contributed by atoms with van der Waals surface area (Å²) in [6, 6.07) is 5.62. The Balaban J connectivity index is 2.10. The quantitative estimate of drug-likeness (QED) is 0.831. The van der Waals surface area contributed by atoms with Crippen LogP contribution in [0.1, 0.15) is 38.3 Å². The van der Waals surface area contributed by atoms with Gasteiger partial charge in [0.2, 0.25) is 0 Å². The summed E-state index contributed by atoms with van der Waals surface area (Å²) >= 11 is 0. The third kappa shape index (κ3) is 3.63. The second-order valence-electron chi connectivity index (χ2n) is 5.24. The molecule has 1 aromatic carbocycles. The first kappa shape index (κ1) is 14.7. The van der Waals surface area contributed by atoms with E-state index in [0.29, 0.717) is 17.5 Å². The van der Waals surface area contributed by atoms with E-state index >= 15 is 0 Å². The minimum absolute atomic E-state index is 0.0917. The molecule has 5 nitrogen and oxygen atoms in total. The molecule has 1 unspecified atom stereocenters. The summed E-state index contributed by atoms with van der Waals surface area (Å²) < 4.78 is 11.0. The molecule has 0 aromatic heterocycles. The maximum absolute atomic E-state index is 11.9. The maximum atomic E-state index is 11.9. The van der Waals surface area contributed by atoms with Gasteiger partial charge in [-0.1, -0.05) is 6.07 Å². The largest absolute Gasteiger partial charge is 0.497 e. The van der Waals surface area contributed by atoms with Crippen molar-refractivity contribution < 1.29 is 14.3 Å². The number of carbonyl (C=O) groups excluding carboxylic acids is 1. The molecular formula is C15H22N2O3. The predicted octanol–water partition coefficient (Wildman–Crippen LogP) is 1.76. The molecule has 0 aliphatic heterocycles. The van der Waals surface area contributed by atoms with Crippen molar-refractivity contribution in [1.82, 2.24) is 5.32 Å². The molecular weight excluding hydrogens is 256 g/mol. The highest BCUT2D eigenvalue weighted by molar-refractivity contribution is 5.81.